The van der Waals surface area contributed by atoms with Gasteiger partial charge in [-0.15, -0.1) is 0 Å². The summed E-state index contributed by atoms with van der Waals surface area (Å²) in [6.45, 7) is 3.78. The van der Waals surface area contributed by atoms with Crippen LogP contribution in [0.2, 0.25) is 5.15 Å². The number of nitrogens with zero attached hydrogens (tertiary/aromatic N) is 1. The summed E-state index contributed by atoms with van der Waals surface area (Å²) in [5.41, 5.74) is 1.26. The van der Waals surface area contributed by atoms with Gasteiger partial charge in [0.1, 0.15) is 5.15 Å². The lowest BCUT2D eigenvalue weighted by atomic mass is 10.1. The number of hydrogen-bond acceptors (Lipinski definition) is 3. The molecule has 1 amide bonds. The van der Waals surface area contributed by atoms with E-state index in [0.29, 0.717) is 17.1 Å². The first-order valence-corrected chi connectivity index (χ1v) is 6.06. The second-order valence-electron chi connectivity index (χ2n) is 3.78. The van der Waals surface area contributed by atoms with Gasteiger partial charge in [-0.1, -0.05) is 25.4 Å². The Morgan fingerprint density at radius 2 is 2.24 bits per heavy atom. The summed E-state index contributed by atoms with van der Waals surface area (Å²) in [6.07, 6.45) is 1.40. The van der Waals surface area contributed by atoms with E-state index in [1.54, 1.807) is 6.07 Å². The lowest BCUT2D eigenvalue weighted by Gasteiger charge is -2.14. The van der Waals surface area contributed by atoms with Crippen LogP contribution in [0.5, 0.6) is 0 Å². The van der Waals surface area contributed by atoms with Gasteiger partial charge < -0.3 is 10.4 Å². The van der Waals surface area contributed by atoms with Crippen molar-refractivity contribution in [1.82, 2.24) is 10.3 Å². The van der Waals surface area contributed by atoms with Gasteiger partial charge in [0.15, 0.2) is 0 Å². The average molecular weight is 257 g/mol. The van der Waals surface area contributed by atoms with Crippen molar-refractivity contribution in [3.63, 3.8) is 0 Å². The van der Waals surface area contributed by atoms with Crippen LogP contribution in [0.3, 0.4) is 0 Å². The summed E-state index contributed by atoms with van der Waals surface area (Å²) in [4.78, 5) is 16.0. The summed E-state index contributed by atoms with van der Waals surface area (Å²) < 4.78 is 0. The smallest absolute Gasteiger partial charge is 0.251 e. The highest BCUT2D eigenvalue weighted by Crippen LogP contribution is 2.11. The molecule has 0 aliphatic carbocycles. The van der Waals surface area contributed by atoms with Crippen molar-refractivity contribution in [3.05, 3.63) is 28.5 Å². The summed E-state index contributed by atoms with van der Waals surface area (Å²) in [7, 11) is 0. The second kappa shape index (κ2) is 6.57. The predicted molar refractivity (Wildman–Crippen MR) is 67.3 cm³/mol. The Balaban J connectivity index is 2.84. The van der Waals surface area contributed by atoms with Gasteiger partial charge in [-0.05, 0) is 25.0 Å². The second-order valence-corrected chi connectivity index (χ2v) is 4.17. The third-order valence-electron chi connectivity index (χ3n) is 2.52. The highest BCUT2D eigenvalue weighted by Gasteiger charge is 2.12. The highest BCUT2D eigenvalue weighted by molar-refractivity contribution is 6.29. The van der Waals surface area contributed by atoms with Gasteiger partial charge in [-0.2, -0.15) is 0 Å². The Kier molecular flexibility index (Phi) is 5.38. The van der Waals surface area contributed by atoms with Crippen molar-refractivity contribution >= 4 is 17.5 Å². The number of amides is 1. The zero-order valence-electron chi connectivity index (χ0n) is 10.0. The number of aliphatic hydroxyl groups excluding tert-OH is 1. The molecule has 0 bridgehead atoms. The highest BCUT2D eigenvalue weighted by atomic mass is 35.5. The molecule has 0 radical (unpaired) electrons. The Morgan fingerprint density at radius 1 is 1.53 bits per heavy atom. The summed E-state index contributed by atoms with van der Waals surface area (Å²) >= 11 is 5.84. The van der Waals surface area contributed by atoms with Crippen LogP contribution in [0.1, 0.15) is 36.3 Å². The van der Waals surface area contributed by atoms with Crippen molar-refractivity contribution in [3.8, 4) is 0 Å². The maximum absolute atomic E-state index is 11.9. The van der Waals surface area contributed by atoms with E-state index < -0.39 is 0 Å². The maximum atomic E-state index is 11.9. The molecule has 0 saturated heterocycles. The molecular formula is C12H17ClN2O2. The number of hydrogen-bond donors (Lipinski definition) is 2. The SMILES string of the molecule is CCc1cc(C(=O)N[C@H](CC)CO)cc(Cl)n1. The fourth-order valence-corrected chi connectivity index (χ4v) is 1.64. The first kappa shape index (κ1) is 13.9. The molecule has 17 heavy (non-hydrogen) atoms. The Labute approximate surface area is 106 Å². The van der Waals surface area contributed by atoms with Crippen molar-refractivity contribution < 1.29 is 9.90 Å². The molecule has 0 saturated carbocycles. The number of halogens is 1. The number of aromatic nitrogens is 1. The van der Waals surface area contributed by atoms with Crippen molar-refractivity contribution in [1.29, 1.82) is 0 Å². The van der Waals surface area contributed by atoms with Crippen LogP contribution in [0.15, 0.2) is 12.1 Å². The fraction of sp³-hybridized carbons (Fsp3) is 0.500. The van der Waals surface area contributed by atoms with Gasteiger partial charge in [-0.3, -0.25) is 4.79 Å². The summed E-state index contributed by atoms with van der Waals surface area (Å²) in [5.74, 6) is -0.232. The number of carbonyl (C=O) groups is 1. The number of aliphatic hydroxyl groups is 1. The standard InChI is InChI=1S/C12H17ClN2O2/c1-3-9-5-8(6-11(13)14-9)12(17)15-10(4-2)7-16/h5-6,10,16H,3-4,7H2,1-2H3,(H,15,17)/t10-/m1/s1. The molecule has 4 nitrogen and oxygen atoms in total. The fourth-order valence-electron chi connectivity index (χ4n) is 1.41. The van der Waals surface area contributed by atoms with Crippen LogP contribution in [0.4, 0.5) is 0 Å². The largest absolute Gasteiger partial charge is 0.394 e. The van der Waals surface area contributed by atoms with Gasteiger partial charge in [0, 0.05) is 11.3 Å². The molecule has 0 fully saturated rings. The molecule has 1 aromatic heterocycles. The van der Waals surface area contributed by atoms with Crippen LogP contribution in [-0.4, -0.2) is 28.6 Å². The summed E-state index contributed by atoms with van der Waals surface area (Å²) in [6, 6.07) is 3.02. The normalized spacial score (nSPS) is 12.2. The molecule has 5 heteroatoms. The molecule has 1 atom stereocenters. The number of aryl methyl sites for hydroxylation is 1. The molecule has 0 aromatic carbocycles. The Bertz CT molecular complexity index is 392. The van der Waals surface area contributed by atoms with Crippen LogP contribution in [0.25, 0.3) is 0 Å². The molecule has 2 N–H and O–H groups in total. The lowest BCUT2D eigenvalue weighted by Crippen LogP contribution is -2.37. The Hall–Kier alpha value is -1.13. The van der Waals surface area contributed by atoms with E-state index in [4.69, 9.17) is 16.7 Å². The zero-order chi connectivity index (χ0) is 12.8. The first-order chi connectivity index (χ1) is 8.10. The average Bonchev–Trinajstić information content (AvgIpc) is 2.34. The molecule has 0 aliphatic heterocycles. The lowest BCUT2D eigenvalue weighted by molar-refractivity contribution is 0.0914. The Morgan fingerprint density at radius 3 is 2.76 bits per heavy atom. The van der Waals surface area contributed by atoms with E-state index in [0.717, 1.165) is 12.1 Å². The van der Waals surface area contributed by atoms with E-state index in [9.17, 15) is 4.79 Å². The van der Waals surface area contributed by atoms with Crippen LogP contribution >= 0.6 is 11.6 Å². The monoisotopic (exact) mass is 256 g/mol. The number of nitrogens with one attached hydrogen (secondary N) is 1. The van der Waals surface area contributed by atoms with E-state index in [-0.39, 0.29) is 18.6 Å². The van der Waals surface area contributed by atoms with Gasteiger partial charge in [0.05, 0.1) is 12.6 Å². The molecule has 0 spiro atoms. The molecule has 0 aliphatic rings. The zero-order valence-corrected chi connectivity index (χ0v) is 10.8. The van der Waals surface area contributed by atoms with Gasteiger partial charge in [-0.25, -0.2) is 4.98 Å². The van der Waals surface area contributed by atoms with Crippen LogP contribution in [-0.2, 0) is 6.42 Å². The third-order valence-corrected chi connectivity index (χ3v) is 2.71. The molecule has 1 heterocycles. The minimum absolute atomic E-state index is 0.0678. The molecule has 1 aromatic rings. The molecule has 1 rings (SSSR count). The van der Waals surface area contributed by atoms with E-state index in [2.05, 4.69) is 10.3 Å². The number of carbonyl (C=O) groups excluding carboxylic acids is 1. The maximum Gasteiger partial charge on any atom is 0.251 e. The van der Waals surface area contributed by atoms with Crippen molar-refractivity contribution in [2.45, 2.75) is 32.7 Å². The van der Waals surface area contributed by atoms with Crippen molar-refractivity contribution in [2.24, 2.45) is 0 Å². The molecule has 0 unspecified atom stereocenters. The van der Waals surface area contributed by atoms with Gasteiger partial charge in [0.2, 0.25) is 0 Å². The van der Waals surface area contributed by atoms with E-state index in [1.807, 2.05) is 13.8 Å². The number of rotatable bonds is 5. The molecule has 94 valence electrons. The van der Waals surface area contributed by atoms with Crippen LogP contribution < -0.4 is 5.32 Å². The quantitative estimate of drug-likeness (QED) is 0.790. The van der Waals surface area contributed by atoms with Gasteiger partial charge >= 0.3 is 0 Å². The first-order valence-electron chi connectivity index (χ1n) is 5.68. The van der Waals surface area contributed by atoms with Crippen LogP contribution in [0, 0.1) is 0 Å². The van der Waals surface area contributed by atoms with E-state index in [1.165, 1.54) is 6.07 Å². The molecular weight excluding hydrogens is 240 g/mol. The predicted octanol–water partition coefficient (Wildman–Crippen LogP) is 1.80. The number of pyridine rings is 1. The van der Waals surface area contributed by atoms with Gasteiger partial charge in [0.25, 0.3) is 5.91 Å². The summed E-state index contributed by atoms with van der Waals surface area (Å²) in [5, 5.41) is 12.1. The van der Waals surface area contributed by atoms with Crippen molar-refractivity contribution in [2.75, 3.05) is 6.61 Å². The minimum atomic E-state index is -0.232. The minimum Gasteiger partial charge on any atom is -0.394 e. The van der Waals surface area contributed by atoms with E-state index >= 15 is 0 Å². The topological polar surface area (TPSA) is 62.2 Å². The third kappa shape index (κ3) is 3.98.